The Morgan fingerprint density at radius 1 is 0.540 bits per heavy atom. The zero-order chi connectivity index (χ0) is 36.0. The fourth-order valence-electron chi connectivity index (χ4n) is 4.38. The molecule has 0 aliphatic rings. The van der Waals surface area contributed by atoms with Crippen LogP contribution in [0, 0.1) is 10.1 Å². The minimum atomic E-state index is -0.776. The second-order valence-electron chi connectivity index (χ2n) is 10.6. The van der Waals surface area contributed by atoms with Gasteiger partial charge in [0.2, 0.25) is 0 Å². The van der Waals surface area contributed by atoms with Gasteiger partial charge in [-0.25, -0.2) is 14.4 Å². The van der Waals surface area contributed by atoms with E-state index >= 15 is 0 Å². The maximum absolute atomic E-state index is 13.4. The Balaban J connectivity index is 1.54. The number of nitro benzene ring substituents is 1. The predicted octanol–water partition coefficient (Wildman–Crippen LogP) is 7.63. The molecule has 262 valence electrons. The number of methoxy groups -OCH3 is 1. The van der Waals surface area contributed by atoms with E-state index in [1.165, 1.54) is 67.8 Å². The van der Waals surface area contributed by atoms with Crippen molar-refractivity contribution in [1.29, 1.82) is 0 Å². The maximum atomic E-state index is 13.4. The SMILES string of the molecule is CCCOc1cc(OC)ccc1C(=O)Oc1ccc(C(=O)Oc2ccc(C(=O)Oc3ccc([N+](=O)[O-])cc3)c(OCCC)c2)c(OCCC)c1. The van der Waals surface area contributed by atoms with E-state index in [1.807, 2.05) is 20.8 Å². The number of carbonyl (C=O) groups excluding carboxylic acids is 3. The summed E-state index contributed by atoms with van der Waals surface area (Å²) in [6.07, 6.45) is 1.99. The van der Waals surface area contributed by atoms with Crippen molar-refractivity contribution >= 4 is 23.6 Å². The number of rotatable bonds is 17. The minimum absolute atomic E-state index is 0.0508. The Bertz CT molecular complexity index is 1820. The average molecular weight is 688 g/mol. The molecule has 4 aromatic carbocycles. The summed E-state index contributed by atoms with van der Waals surface area (Å²) in [4.78, 5) is 49.9. The van der Waals surface area contributed by atoms with Gasteiger partial charge in [0.15, 0.2) is 0 Å². The molecular weight excluding hydrogens is 650 g/mol. The Morgan fingerprint density at radius 2 is 0.880 bits per heavy atom. The normalized spacial score (nSPS) is 10.5. The summed E-state index contributed by atoms with van der Waals surface area (Å²) in [5, 5.41) is 10.9. The van der Waals surface area contributed by atoms with E-state index in [0.29, 0.717) is 30.9 Å². The monoisotopic (exact) mass is 687 g/mol. The highest BCUT2D eigenvalue weighted by molar-refractivity contribution is 5.97. The summed E-state index contributed by atoms with van der Waals surface area (Å²) in [7, 11) is 1.51. The number of carbonyl (C=O) groups is 3. The number of ether oxygens (including phenoxy) is 7. The molecule has 0 amide bonds. The summed E-state index contributed by atoms with van der Waals surface area (Å²) in [6.45, 7) is 6.64. The number of benzene rings is 4. The van der Waals surface area contributed by atoms with Crippen molar-refractivity contribution in [1.82, 2.24) is 0 Å². The Hall–Kier alpha value is -6.11. The van der Waals surface area contributed by atoms with E-state index in [0.717, 1.165) is 6.42 Å². The molecule has 13 nitrogen and oxygen atoms in total. The average Bonchev–Trinajstić information content (AvgIpc) is 3.12. The lowest BCUT2D eigenvalue weighted by molar-refractivity contribution is -0.384. The number of nitro groups is 1. The van der Waals surface area contributed by atoms with Crippen LogP contribution in [-0.4, -0.2) is 49.8 Å². The summed E-state index contributed by atoms with van der Waals surface area (Å²) < 4.78 is 39.2. The fourth-order valence-corrected chi connectivity index (χ4v) is 4.38. The van der Waals surface area contributed by atoms with Gasteiger partial charge in [-0.05, 0) is 67.8 Å². The molecule has 0 saturated carbocycles. The molecule has 0 aliphatic heterocycles. The van der Waals surface area contributed by atoms with Crippen molar-refractivity contribution < 1.29 is 52.5 Å². The predicted molar refractivity (Wildman–Crippen MR) is 181 cm³/mol. The lowest BCUT2D eigenvalue weighted by atomic mass is 10.1. The number of nitrogens with zero attached hydrogens (tertiary/aromatic N) is 1. The highest BCUT2D eigenvalue weighted by Gasteiger charge is 2.22. The summed E-state index contributed by atoms with van der Waals surface area (Å²) in [6, 6.07) is 18.3. The lowest BCUT2D eigenvalue weighted by Gasteiger charge is -2.15. The van der Waals surface area contributed by atoms with Gasteiger partial charge >= 0.3 is 17.9 Å². The molecule has 13 heteroatoms. The summed E-state index contributed by atoms with van der Waals surface area (Å²) >= 11 is 0. The van der Waals surface area contributed by atoms with E-state index in [1.54, 1.807) is 18.2 Å². The number of non-ortho nitro benzene ring substituents is 1. The zero-order valence-electron chi connectivity index (χ0n) is 28.1. The van der Waals surface area contributed by atoms with Crippen LogP contribution in [0.25, 0.3) is 0 Å². The van der Waals surface area contributed by atoms with Crippen molar-refractivity contribution in [3.63, 3.8) is 0 Å². The maximum Gasteiger partial charge on any atom is 0.347 e. The van der Waals surface area contributed by atoms with Crippen molar-refractivity contribution in [2.24, 2.45) is 0 Å². The first-order valence-corrected chi connectivity index (χ1v) is 15.9. The third kappa shape index (κ3) is 9.72. The fraction of sp³-hybridized carbons (Fsp3) is 0.270. The van der Waals surface area contributed by atoms with Gasteiger partial charge in [0.1, 0.15) is 56.9 Å². The first-order valence-electron chi connectivity index (χ1n) is 15.9. The quantitative estimate of drug-likeness (QED) is 0.0463. The van der Waals surface area contributed by atoms with Crippen molar-refractivity contribution in [3.8, 4) is 40.2 Å². The summed E-state index contributed by atoms with van der Waals surface area (Å²) in [5.74, 6) is -0.866. The number of hydrogen-bond donors (Lipinski definition) is 0. The number of esters is 3. The van der Waals surface area contributed by atoms with Gasteiger partial charge < -0.3 is 33.2 Å². The minimum Gasteiger partial charge on any atom is -0.497 e. The van der Waals surface area contributed by atoms with Crippen LogP contribution in [-0.2, 0) is 0 Å². The molecule has 4 rings (SSSR count). The molecule has 0 fully saturated rings. The van der Waals surface area contributed by atoms with E-state index in [9.17, 15) is 24.5 Å². The van der Waals surface area contributed by atoms with Crippen LogP contribution in [0.2, 0.25) is 0 Å². The topological polar surface area (TPSA) is 159 Å². The third-order valence-corrected chi connectivity index (χ3v) is 6.82. The van der Waals surface area contributed by atoms with Crippen LogP contribution in [0.5, 0.6) is 40.2 Å². The number of hydrogen-bond acceptors (Lipinski definition) is 12. The van der Waals surface area contributed by atoms with Crippen molar-refractivity contribution in [2.45, 2.75) is 40.0 Å². The molecule has 0 atom stereocenters. The van der Waals surface area contributed by atoms with E-state index < -0.39 is 22.8 Å². The highest BCUT2D eigenvalue weighted by atomic mass is 16.6. The highest BCUT2D eigenvalue weighted by Crippen LogP contribution is 2.32. The molecule has 0 heterocycles. The van der Waals surface area contributed by atoms with Gasteiger partial charge in [-0.3, -0.25) is 10.1 Å². The second kappa shape index (κ2) is 17.9. The Morgan fingerprint density at radius 3 is 1.24 bits per heavy atom. The van der Waals surface area contributed by atoms with Crippen LogP contribution < -0.4 is 33.2 Å². The largest absolute Gasteiger partial charge is 0.497 e. The smallest absolute Gasteiger partial charge is 0.347 e. The van der Waals surface area contributed by atoms with Crippen molar-refractivity contribution in [2.75, 3.05) is 26.9 Å². The van der Waals surface area contributed by atoms with Gasteiger partial charge in [-0.1, -0.05) is 20.8 Å². The summed E-state index contributed by atoms with van der Waals surface area (Å²) in [5.41, 5.74) is 0.157. The molecule has 0 N–H and O–H groups in total. The zero-order valence-corrected chi connectivity index (χ0v) is 28.1. The molecule has 0 saturated heterocycles. The van der Waals surface area contributed by atoms with Crippen LogP contribution in [0.15, 0.2) is 78.9 Å². The standard InChI is InChI=1S/C37H37NO12/c1-5-18-45-32-21-26(44-4)12-15-29(32)36(40)49-28-14-17-31(34(23-28)47-20-7-3)37(41)50-27-13-16-30(33(22-27)46-19-6-2)35(39)48-25-10-8-24(9-11-25)38(42)43/h8-17,21-23H,5-7,18-20H2,1-4H3. The molecule has 0 bridgehead atoms. The second-order valence-corrected chi connectivity index (χ2v) is 10.6. The van der Waals surface area contributed by atoms with Gasteiger partial charge in [0.05, 0.1) is 31.9 Å². The van der Waals surface area contributed by atoms with Gasteiger partial charge in [0.25, 0.3) is 5.69 Å². The van der Waals surface area contributed by atoms with Crippen LogP contribution >= 0.6 is 0 Å². The molecule has 0 spiro atoms. The first kappa shape index (κ1) is 36.7. The molecule has 0 radical (unpaired) electrons. The molecular formula is C37H37NO12. The molecule has 4 aromatic rings. The molecule has 0 unspecified atom stereocenters. The van der Waals surface area contributed by atoms with Gasteiger partial charge in [0, 0.05) is 30.3 Å². The van der Waals surface area contributed by atoms with Crippen LogP contribution in [0.3, 0.4) is 0 Å². The van der Waals surface area contributed by atoms with Crippen LogP contribution in [0.1, 0.15) is 71.1 Å². The lowest BCUT2D eigenvalue weighted by Crippen LogP contribution is -2.14. The van der Waals surface area contributed by atoms with Crippen LogP contribution in [0.4, 0.5) is 5.69 Å². The molecule has 50 heavy (non-hydrogen) atoms. The van der Waals surface area contributed by atoms with E-state index in [2.05, 4.69) is 0 Å². The van der Waals surface area contributed by atoms with Gasteiger partial charge in [-0.15, -0.1) is 0 Å². The molecule has 0 aliphatic carbocycles. The first-order chi connectivity index (χ1) is 24.2. The Kier molecular flexibility index (Phi) is 13.1. The Labute approximate surface area is 288 Å². The third-order valence-electron chi connectivity index (χ3n) is 6.82. The van der Waals surface area contributed by atoms with Crippen molar-refractivity contribution in [3.05, 3.63) is 106 Å². The molecule has 0 aromatic heterocycles. The van der Waals surface area contributed by atoms with E-state index in [-0.39, 0.29) is 64.3 Å². The van der Waals surface area contributed by atoms with E-state index in [4.69, 9.17) is 33.2 Å². The van der Waals surface area contributed by atoms with Gasteiger partial charge in [-0.2, -0.15) is 0 Å².